The van der Waals surface area contributed by atoms with Gasteiger partial charge in [0.2, 0.25) is 0 Å². The van der Waals surface area contributed by atoms with Crippen molar-refractivity contribution in [2.24, 2.45) is 5.92 Å². The van der Waals surface area contributed by atoms with Crippen LogP contribution in [0, 0.1) is 5.92 Å². The maximum absolute atomic E-state index is 12.2. The van der Waals surface area contributed by atoms with Crippen molar-refractivity contribution in [3.63, 3.8) is 0 Å². The standard InChI is InChI=1S/C14H19NO3/c1-10(2)9-15(3)14(18)12-7-5-4-6-11(12)8-13(16)17/h4-7,10H,8-9H2,1-3H3,(H,16,17). The molecule has 0 aromatic heterocycles. The molecule has 1 amide bonds. The van der Waals surface area contributed by atoms with E-state index in [0.717, 1.165) is 0 Å². The van der Waals surface area contributed by atoms with Crippen LogP contribution in [0.15, 0.2) is 24.3 Å². The lowest BCUT2D eigenvalue weighted by atomic mass is 10.0. The maximum Gasteiger partial charge on any atom is 0.307 e. The van der Waals surface area contributed by atoms with Gasteiger partial charge >= 0.3 is 5.97 Å². The first kappa shape index (κ1) is 14.2. The van der Waals surface area contributed by atoms with E-state index >= 15 is 0 Å². The summed E-state index contributed by atoms with van der Waals surface area (Å²) in [5, 5.41) is 8.83. The molecule has 0 spiro atoms. The van der Waals surface area contributed by atoms with Crippen LogP contribution in [0.1, 0.15) is 29.8 Å². The molecule has 1 aromatic carbocycles. The third-order valence-corrected chi connectivity index (χ3v) is 2.58. The normalized spacial score (nSPS) is 10.4. The number of hydrogen-bond donors (Lipinski definition) is 1. The fourth-order valence-electron chi connectivity index (χ4n) is 1.88. The number of carbonyl (C=O) groups is 2. The molecule has 4 nitrogen and oxygen atoms in total. The van der Waals surface area contributed by atoms with Crippen LogP contribution in [0.5, 0.6) is 0 Å². The number of rotatable bonds is 5. The van der Waals surface area contributed by atoms with Gasteiger partial charge in [-0.3, -0.25) is 9.59 Å². The molecule has 0 fully saturated rings. The van der Waals surface area contributed by atoms with Gasteiger partial charge in [-0.25, -0.2) is 0 Å². The fourth-order valence-corrected chi connectivity index (χ4v) is 1.88. The molecule has 1 aromatic rings. The van der Waals surface area contributed by atoms with Crippen molar-refractivity contribution in [3.8, 4) is 0 Å². The Bertz CT molecular complexity index is 440. The first-order chi connectivity index (χ1) is 8.41. The highest BCUT2D eigenvalue weighted by atomic mass is 16.4. The summed E-state index contributed by atoms with van der Waals surface area (Å²) in [4.78, 5) is 24.6. The third kappa shape index (κ3) is 3.87. The lowest BCUT2D eigenvalue weighted by molar-refractivity contribution is -0.136. The van der Waals surface area contributed by atoms with Crippen LogP contribution >= 0.6 is 0 Å². The van der Waals surface area contributed by atoms with Gasteiger partial charge in [0.05, 0.1) is 6.42 Å². The number of amides is 1. The largest absolute Gasteiger partial charge is 0.481 e. The van der Waals surface area contributed by atoms with Gasteiger partial charge in [0.1, 0.15) is 0 Å². The Hall–Kier alpha value is -1.84. The van der Waals surface area contributed by atoms with Gasteiger partial charge in [-0.1, -0.05) is 32.0 Å². The first-order valence-corrected chi connectivity index (χ1v) is 5.97. The van der Waals surface area contributed by atoms with Crippen molar-refractivity contribution in [1.82, 2.24) is 4.90 Å². The first-order valence-electron chi connectivity index (χ1n) is 5.97. The van der Waals surface area contributed by atoms with Crippen LogP contribution in [0.3, 0.4) is 0 Å². The summed E-state index contributed by atoms with van der Waals surface area (Å²) in [5.41, 5.74) is 1.04. The number of carboxylic acid groups (broad SMARTS) is 1. The van der Waals surface area contributed by atoms with E-state index < -0.39 is 5.97 Å². The fraction of sp³-hybridized carbons (Fsp3) is 0.429. The molecule has 0 bridgehead atoms. The van der Waals surface area contributed by atoms with E-state index in [9.17, 15) is 9.59 Å². The van der Waals surface area contributed by atoms with Gasteiger partial charge in [0.15, 0.2) is 0 Å². The molecule has 1 N–H and O–H groups in total. The van der Waals surface area contributed by atoms with Crippen LogP contribution in [-0.4, -0.2) is 35.5 Å². The summed E-state index contributed by atoms with van der Waals surface area (Å²) in [5.74, 6) is -0.673. The Morgan fingerprint density at radius 2 is 1.89 bits per heavy atom. The van der Waals surface area contributed by atoms with Crippen molar-refractivity contribution in [2.45, 2.75) is 20.3 Å². The lowest BCUT2D eigenvalue weighted by Crippen LogP contribution is -2.31. The Labute approximate surface area is 107 Å². The minimum Gasteiger partial charge on any atom is -0.481 e. The molecule has 0 radical (unpaired) electrons. The highest BCUT2D eigenvalue weighted by Gasteiger charge is 2.17. The summed E-state index contributed by atoms with van der Waals surface area (Å²) < 4.78 is 0. The van der Waals surface area contributed by atoms with Crippen LogP contribution < -0.4 is 0 Å². The van der Waals surface area contributed by atoms with Crippen LogP contribution in [-0.2, 0) is 11.2 Å². The van der Waals surface area contributed by atoms with E-state index in [1.54, 1.807) is 36.2 Å². The third-order valence-electron chi connectivity index (χ3n) is 2.58. The predicted molar refractivity (Wildman–Crippen MR) is 69.6 cm³/mol. The zero-order valence-corrected chi connectivity index (χ0v) is 11.0. The molecular formula is C14H19NO3. The van der Waals surface area contributed by atoms with Gasteiger partial charge in [0, 0.05) is 19.2 Å². The van der Waals surface area contributed by atoms with Gasteiger partial charge in [-0.05, 0) is 17.5 Å². The molecule has 98 valence electrons. The smallest absolute Gasteiger partial charge is 0.307 e. The van der Waals surface area contributed by atoms with Gasteiger partial charge in [0.25, 0.3) is 5.91 Å². The van der Waals surface area contributed by atoms with Crippen molar-refractivity contribution in [1.29, 1.82) is 0 Å². The summed E-state index contributed by atoms with van der Waals surface area (Å²) in [6.07, 6.45) is -0.128. The summed E-state index contributed by atoms with van der Waals surface area (Å²) in [6.45, 7) is 4.72. The second kappa shape index (κ2) is 6.19. The molecule has 0 saturated heterocycles. The van der Waals surface area contributed by atoms with Crippen molar-refractivity contribution < 1.29 is 14.7 Å². The van der Waals surface area contributed by atoms with Crippen molar-refractivity contribution in [2.75, 3.05) is 13.6 Å². The highest BCUT2D eigenvalue weighted by molar-refractivity contribution is 5.96. The Morgan fingerprint density at radius 3 is 2.44 bits per heavy atom. The number of carbonyl (C=O) groups excluding carboxylic acids is 1. The monoisotopic (exact) mass is 249 g/mol. The second-order valence-corrected chi connectivity index (χ2v) is 4.81. The number of benzene rings is 1. The van der Waals surface area contributed by atoms with Gasteiger partial charge in [-0.15, -0.1) is 0 Å². The van der Waals surface area contributed by atoms with E-state index in [2.05, 4.69) is 0 Å². The SMILES string of the molecule is CC(C)CN(C)C(=O)c1ccccc1CC(=O)O. The summed E-state index contributed by atoms with van der Waals surface area (Å²) in [6, 6.07) is 6.86. The molecule has 0 saturated carbocycles. The molecule has 0 aliphatic rings. The van der Waals surface area contributed by atoms with Gasteiger partial charge < -0.3 is 10.0 Å². The molecule has 0 aliphatic heterocycles. The second-order valence-electron chi connectivity index (χ2n) is 4.81. The average molecular weight is 249 g/mol. The number of nitrogens with zero attached hydrogens (tertiary/aromatic N) is 1. The van der Waals surface area contributed by atoms with Crippen molar-refractivity contribution in [3.05, 3.63) is 35.4 Å². The van der Waals surface area contributed by atoms with Crippen LogP contribution in [0.25, 0.3) is 0 Å². The Morgan fingerprint density at radius 1 is 1.28 bits per heavy atom. The minimum absolute atomic E-state index is 0.124. The zero-order valence-electron chi connectivity index (χ0n) is 11.0. The van der Waals surface area contributed by atoms with E-state index in [0.29, 0.717) is 23.6 Å². The Kier molecular flexibility index (Phi) is 4.89. The minimum atomic E-state index is -0.929. The Balaban J connectivity index is 2.94. The molecule has 4 heteroatoms. The van der Waals surface area contributed by atoms with Gasteiger partial charge in [-0.2, -0.15) is 0 Å². The van der Waals surface area contributed by atoms with E-state index in [1.165, 1.54) is 0 Å². The topological polar surface area (TPSA) is 57.6 Å². The van der Waals surface area contributed by atoms with Crippen LogP contribution in [0.2, 0.25) is 0 Å². The lowest BCUT2D eigenvalue weighted by Gasteiger charge is -2.20. The zero-order chi connectivity index (χ0) is 13.7. The summed E-state index contributed by atoms with van der Waals surface area (Å²) >= 11 is 0. The predicted octanol–water partition coefficient (Wildman–Crippen LogP) is 2.04. The quantitative estimate of drug-likeness (QED) is 0.868. The average Bonchev–Trinajstić information content (AvgIpc) is 2.27. The number of hydrogen-bond acceptors (Lipinski definition) is 2. The molecule has 0 unspecified atom stereocenters. The van der Waals surface area contributed by atoms with Crippen molar-refractivity contribution >= 4 is 11.9 Å². The van der Waals surface area contributed by atoms with E-state index in [-0.39, 0.29) is 12.3 Å². The molecule has 0 atom stereocenters. The molecule has 0 aliphatic carbocycles. The molecule has 18 heavy (non-hydrogen) atoms. The molecular weight excluding hydrogens is 230 g/mol. The summed E-state index contributed by atoms with van der Waals surface area (Å²) in [7, 11) is 1.74. The number of carboxylic acids is 1. The van der Waals surface area contributed by atoms with E-state index in [4.69, 9.17) is 5.11 Å². The maximum atomic E-state index is 12.2. The highest BCUT2D eigenvalue weighted by Crippen LogP contribution is 2.13. The molecule has 1 rings (SSSR count). The number of aliphatic carboxylic acids is 1. The van der Waals surface area contributed by atoms with E-state index in [1.807, 2.05) is 13.8 Å². The molecule has 0 heterocycles. The van der Waals surface area contributed by atoms with Crippen LogP contribution in [0.4, 0.5) is 0 Å².